The van der Waals surface area contributed by atoms with Gasteiger partial charge in [-0.2, -0.15) is 0 Å². The first kappa shape index (κ1) is 11.5. The van der Waals surface area contributed by atoms with Crippen molar-refractivity contribution in [1.29, 1.82) is 0 Å². The normalized spacial score (nSPS) is 10.7. The number of aromatic amines is 1. The summed E-state index contributed by atoms with van der Waals surface area (Å²) in [6.07, 6.45) is 1.35. The molecule has 0 fully saturated rings. The van der Waals surface area contributed by atoms with Gasteiger partial charge in [-0.3, -0.25) is 4.79 Å². The van der Waals surface area contributed by atoms with Crippen molar-refractivity contribution in [3.8, 4) is 0 Å². The first-order chi connectivity index (χ1) is 9.16. The third kappa shape index (κ3) is 1.89. The monoisotopic (exact) mass is 273 g/mol. The van der Waals surface area contributed by atoms with E-state index >= 15 is 0 Å². The van der Waals surface area contributed by atoms with Crippen LogP contribution in [0.4, 0.5) is 0 Å². The summed E-state index contributed by atoms with van der Waals surface area (Å²) in [6.45, 7) is 0. The van der Waals surface area contributed by atoms with Crippen molar-refractivity contribution in [3.63, 3.8) is 0 Å². The Hall–Kier alpha value is -2.54. The van der Waals surface area contributed by atoms with Crippen LogP contribution in [0.25, 0.3) is 11.2 Å². The van der Waals surface area contributed by atoms with Gasteiger partial charge in [0.15, 0.2) is 11.5 Å². The highest BCUT2D eigenvalue weighted by Gasteiger charge is 2.18. The molecule has 0 atom stereocenters. The van der Waals surface area contributed by atoms with Crippen LogP contribution < -0.4 is 0 Å². The second-order valence-corrected chi connectivity index (χ2v) is 4.70. The van der Waals surface area contributed by atoms with Gasteiger partial charge in [0.1, 0.15) is 0 Å². The zero-order valence-corrected chi connectivity index (χ0v) is 10.3. The number of fused-ring (bicyclic) bond motifs is 1. The van der Waals surface area contributed by atoms with Crippen LogP contribution in [0.1, 0.15) is 25.9 Å². The van der Waals surface area contributed by atoms with Crippen molar-refractivity contribution < 1.29 is 14.7 Å². The van der Waals surface area contributed by atoms with E-state index in [2.05, 4.69) is 15.0 Å². The number of aromatic nitrogens is 3. The van der Waals surface area contributed by atoms with E-state index < -0.39 is 5.97 Å². The molecular weight excluding hydrogens is 266 g/mol. The topological polar surface area (TPSA) is 95.9 Å². The summed E-state index contributed by atoms with van der Waals surface area (Å²) in [4.78, 5) is 34.4. The number of pyridine rings is 1. The van der Waals surface area contributed by atoms with E-state index in [1.165, 1.54) is 23.6 Å². The Morgan fingerprint density at radius 2 is 2.16 bits per heavy atom. The lowest BCUT2D eigenvalue weighted by Crippen LogP contribution is -2.01. The molecule has 3 aromatic heterocycles. The molecule has 3 aromatic rings. The third-order valence-electron chi connectivity index (χ3n) is 2.58. The third-order valence-corrected chi connectivity index (χ3v) is 3.45. The minimum Gasteiger partial charge on any atom is -0.478 e. The summed E-state index contributed by atoms with van der Waals surface area (Å²) in [7, 11) is 0. The van der Waals surface area contributed by atoms with Gasteiger partial charge >= 0.3 is 5.97 Å². The van der Waals surface area contributed by atoms with E-state index in [-0.39, 0.29) is 28.3 Å². The number of aromatic carboxylic acids is 1. The molecule has 6 nitrogen and oxygen atoms in total. The number of imidazole rings is 1. The highest BCUT2D eigenvalue weighted by molar-refractivity contribution is 7.12. The number of nitrogens with zero attached hydrogens (tertiary/aromatic N) is 2. The van der Waals surface area contributed by atoms with Gasteiger partial charge in [-0.1, -0.05) is 6.07 Å². The molecule has 3 heterocycles. The average Bonchev–Trinajstić information content (AvgIpc) is 3.06. The van der Waals surface area contributed by atoms with Crippen molar-refractivity contribution in [1.82, 2.24) is 15.0 Å². The first-order valence-electron chi connectivity index (χ1n) is 5.33. The van der Waals surface area contributed by atoms with Gasteiger partial charge in [-0.15, -0.1) is 11.3 Å². The summed E-state index contributed by atoms with van der Waals surface area (Å²) in [5, 5.41) is 10.8. The van der Waals surface area contributed by atoms with Gasteiger partial charge in [-0.05, 0) is 17.5 Å². The van der Waals surface area contributed by atoms with Crippen molar-refractivity contribution in [2.45, 2.75) is 0 Å². The number of H-pyrrole nitrogens is 1. The summed E-state index contributed by atoms with van der Waals surface area (Å²) in [5.74, 6) is -1.27. The molecule has 0 aromatic carbocycles. The first-order valence-corrected chi connectivity index (χ1v) is 6.21. The highest BCUT2D eigenvalue weighted by atomic mass is 32.1. The molecular formula is C12H7N3O3S. The van der Waals surface area contributed by atoms with Crippen molar-refractivity contribution in [2.24, 2.45) is 0 Å². The van der Waals surface area contributed by atoms with Gasteiger partial charge in [0.25, 0.3) is 0 Å². The lowest BCUT2D eigenvalue weighted by Gasteiger charge is -1.93. The zero-order valence-electron chi connectivity index (χ0n) is 9.45. The van der Waals surface area contributed by atoms with E-state index in [0.29, 0.717) is 4.88 Å². The number of thiophene rings is 1. The molecule has 0 bridgehead atoms. The Kier molecular flexibility index (Phi) is 2.60. The Labute approximate surface area is 110 Å². The second-order valence-electron chi connectivity index (χ2n) is 3.75. The summed E-state index contributed by atoms with van der Waals surface area (Å²) >= 11 is 1.30. The van der Waals surface area contributed by atoms with Crippen LogP contribution in [-0.2, 0) is 0 Å². The Balaban J connectivity index is 2.15. The molecule has 3 rings (SSSR count). The van der Waals surface area contributed by atoms with Crippen molar-refractivity contribution in [2.75, 3.05) is 0 Å². The number of rotatable bonds is 3. The summed E-state index contributed by atoms with van der Waals surface area (Å²) in [6, 6.07) is 4.81. The van der Waals surface area contributed by atoms with Gasteiger partial charge in [0.05, 0.1) is 16.0 Å². The number of hydrogen-bond acceptors (Lipinski definition) is 5. The lowest BCUT2D eigenvalue weighted by atomic mass is 10.2. The quantitative estimate of drug-likeness (QED) is 0.711. The zero-order chi connectivity index (χ0) is 13.4. The summed E-state index contributed by atoms with van der Waals surface area (Å²) in [5.41, 5.74) is 0.525. The molecule has 0 aliphatic carbocycles. The molecule has 0 aliphatic rings. The molecule has 0 aliphatic heterocycles. The maximum atomic E-state index is 12.1. The van der Waals surface area contributed by atoms with Crippen LogP contribution in [0.5, 0.6) is 0 Å². The lowest BCUT2D eigenvalue weighted by molar-refractivity contribution is 0.0698. The number of hydrogen-bond donors (Lipinski definition) is 2. The molecule has 7 heteroatoms. The molecule has 0 saturated carbocycles. The number of ketones is 1. The SMILES string of the molecule is O=C(c1nc2nccc(C(=O)O)c2[nH]1)c1cccs1. The highest BCUT2D eigenvalue weighted by Crippen LogP contribution is 2.18. The second kappa shape index (κ2) is 4.29. The minimum absolute atomic E-state index is 0.0442. The van der Waals surface area contributed by atoms with Gasteiger partial charge < -0.3 is 10.1 Å². The molecule has 0 spiro atoms. The van der Waals surface area contributed by atoms with E-state index in [1.807, 2.05) is 0 Å². The molecule has 94 valence electrons. The molecule has 0 radical (unpaired) electrons. The minimum atomic E-state index is -1.09. The number of carbonyl (C=O) groups excluding carboxylic acids is 1. The number of carbonyl (C=O) groups is 2. The average molecular weight is 273 g/mol. The van der Waals surface area contributed by atoms with E-state index in [1.54, 1.807) is 17.5 Å². The smallest absolute Gasteiger partial charge is 0.338 e. The standard InChI is InChI=1S/C12H7N3O3S/c16-9(7-2-1-5-19-7)11-14-8-6(12(17)18)3-4-13-10(8)15-11/h1-5H,(H,17,18)(H,13,14,15). The maximum absolute atomic E-state index is 12.1. The molecule has 2 N–H and O–H groups in total. The molecule has 0 amide bonds. The van der Waals surface area contributed by atoms with Gasteiger partial charge in [-0.25, -0.2) is 14.8 Å². The van der Waals surface area contributed by atoms with Gasteiger partial charge in [0, 0.05) is 6.20 Å². The fourth-order valence-electron chi connectivity index (χ4n) is 1.72. The van der Waals surface area contributed by atoms with Crippen LogP contribution in [0, 0.1) is 0 Å². The predicted molar refractivity (Wildman–Crippen MR) is 68.6 cm³/mol. The number of carboxylic acids is 1. The maximum Gasteiger partial charge on any atom is 0.338 e. The molecule has 0 saturated heterocycles. The van der Waals surface area contributed by atoms with Crippen LogP contribution in [0.2, 0.25) is 0 Å². The van der Waals surface area contributed by atoms with Crippen LogP contribution in [0.15, 0.2) is 29.8 Å². The summed E-state index contributed by atoms with van der Waals surface area (Å²) < 4.78 is 0. The Bertz CT molecular complexity index is 777. The van der Waals surface area contributed by atoms with Crippen LogP contribution >= 0.6 is 11.3 Å². The van der Waals surface area contributed by atoms with Crippen molar-refractivity contribution in [3.05, 3.63) is 46.0 Å². The van der Waals surface area contributed by atoms with Crippen LogP contribution in [0.3, 0.4) is 0 Å². The fourth-order valence-corrected chi connectivity index (χ4v) is 2.39. The predicted octanol–water partition coefficient (Wildman–Crippen LogP) is 1.95. The van der Waals surface area contributed by atoms with E-state index in [0.717, 1.165) is 0 Å². The molecule has 19 heavy (non-hydrogen) atoms. The number of nitrogens with one attached hydrogen (secondary N) is 1. The largest absolute Gasteiger partial charge is 0.478 e. The van der Waals surface area contributed by atoms with Crippen molar-refractivity contribution >= 4 is 34.3 Å². The van der Waals surface area contributed by atoms with Gasteiger partial charge in [0.2, 0.25) is 5.78 Å². The number of carboxylic acid groups (broad SMARTS) is 1. The van der Waals surface area contributed by atoms with Crippen LogP contribution in [-0.4, -0.2) is 31.8 Å². The molecule has 0 unspecified atom stereocenters. The van der Waals surface area contributed by atoms with E-state index in [4.69, 9.17) is 5.11 Å². The van der Waals surface area contributed by atoms with E-state index in [9.17, 15) is 9.59 Å². The Morgan fingerprint density at radius 3 is 2.84 bits per heavy atom. The Morgan fingerprint density at radius 1 is 1.32 bits per heavy atom. The fraction of sp³-hybridized carbons (Fsp3) is 0.